The van der Waals surface area contributed by atoms with Crippen LogP contribution in [0.15, 0.2) is 22.5 Å². The molecule has 1 heterocycles. The third kappa shape index (κ3) is 7.26. The second-order valence-electron chi connectivity index (χ2n) is 3.63. The maximum Gasteiger partial charge on any atom is 0.188 e. The van der Waals surface area contributed by atoms with Gasteiger partial charge in [-0.05, 0) is 17.9 Å². The smallest absolute Gasteiger partial charge is 0.188 e. The molecule has 6 heteroatoms. The molecule has 0 atom stereocenters. The lowest BCUT2D eigenvalue weighted by Crippen LogP contribution is -2.33. The highest BCUT2D eigenvalue weighted by molar-refractivity contribution is 7.09. The van der Waals surface area contributed by atoms with E-state index in [1.54, 1.807) is 18.4 Å². The lowest BCUT2D eigenvalue weighted by atomic mass is 10.3. The van der Waals surface area contributed by atoms with Gasteiger partial charge in [-0.1, -0.05) is 6.07 Å². The number of nitrogens with one attached hydrogen (secondary N) is 1. The van der Waals surface area contributed by atoms with Crippen LogP contribution in [0.4, 0.5) is 0 Å². The molecule has 1 aromatic heterocycles. The lowest BCUT2D eigenvalue weighted by molar-refractivity contribution is 0.0748. The summed E-state index contributed by atoms with van der Waals surface area (Å²) >= 11 is 1.75. The Labute approximate surface area is 112 Å². The van der Waals surface area contributed by atoms with E-state index in [1.807, 2.05) is 0 Å². The van der Waals surface area contributed by atoms with Crippen LogP contribution in [0.2, 0.25) is 0 Å². The standard InChI is InChI=1S/C12H21N3O2S/c1-16-8-9-17-7-6-15-12(13)14-5-4-11-3-2-10-18-11/h2-3,10H,4-9H2,1H3,(H3,13,14,15). The lowest BCUT2D eigenvalue weighted by Gasteiger charge is -2.05. The number of ether oxygens (including phenoxy) is 2. The summed E-state index contributed by atoms with van der Waals surface area (Å²) in [5.41, 5.74) is 5.72. The van der Waals surface area contributed by atoms with Crippen molar-refractivity contribution in [3.8, 4) is 0 Å². The molecule has 3 N–H and O–H groups in total. The van der Waals surface area contributed by atoms with Crippen LogP contribution in [0, 0.1) is 0 Å². The Kier molecular flexibility index (Phi) is 8.20. The van der Waals surface area contributed by atoms with Crippen molar-refractivity contribution in [2.24, 2.45) is 10.7 Å². The van der Waals surface area contributed by atoms with Gasteiger partial charge in [-0.25, -0.2) is 0 Å². The van der Waals surface area contributed by atoms with Crippen LogP contribution < -0.4 is 11.1 Å². The van der Waals surface area contributed by atoms with Crippen molar-refractivity contribution in [2.75, 3.05) is 40.0 Å². The van der Waals surface area contributed by atoms with E-state index in [0.29, 0.717) is 32.3 Å². The number of nitrogens with zero attached hydrogens (tertiary/aromatic N) is 1. The van der Waals surface area contributed by atoms with Gasteiger partial charge in [-0.15, -0.1) is 11.3 Å². The van der Waals surface area contributed by atoms with Crippen molar-refractivity contribution < 1.29 is 9.47 Å². The molecular formula is C12H21N3O2S. The zero-order chi connectivity index (χ0) is 13.1. The minimum absolute atomic E-state index is 0.474. The molecule has 0 saturated carbocycles. The van der Waals surface area contributed by atoms with Gasteiger partial charge in [0.05, 0.1) is 26.4 Å². The second-order valence-corrected chi connectivity index (χ2v) is 4.66. The summed E-state index contributed by atoms with van der Waals surface area (Å²) in [6, 6.07) is 4.16. The van der Waals surface area contributed by atoms with Gasteiger partial charge in [-0.3, -0.25) is 4.99 Å². The average molecular weight is 271 g/mol. The van der Waals surface area contributed by atoms with Gasteiger partial charge in [0.2, 0.25) is 0 Å². The van der Waals surface area contributed by atoms with E-state index in [4.69, 9.17) is 15.2 Å². The van der Waals surface area contributed by atoms with E-state index in [-0.39, 0.29) is 0 Å². The Morgan fingerprint density at radius 2 is 2.33 bits per heavy atom. The zero-order valence-corrected chi connectivity index (χ0v) is 11.5. The first-order chi connectivity index (χ1) is 8.83. The van der Waals surface area contributed by atoms with Crippen LogP contribution >= 0.6 is 11.3 Å². The van der Waals surface area contributed by atoms with Gasteiger partial charge in [0.15, 0.2) is 5.96 Å². The molecule has 18 heavy (non-hydrogen) atoms. The zero-order valence-electron chi connectivity index (χ0n) is 10.7. The number of rotatable bonds is 9. The van der Waals surface area contributed by atoms with Crippen molar-refractivity contribution in [3.05, 3.63) is 22.4 Å². The summed E-state index contributed by atoms with van der Waals surface area (Å²) in [4.78, 5) is 5.51. The van der Waals surface area contributed by atoms with E-state index in [9.17, 15) is 0 Å². The summed E-state index contributed by atoms with van der Waals surface area (Å²) in [6.45, 7) is 3.15. The molecule has 0 radical (unpaired) electrons. The van der Waals surface area contributed by atoms with Gasteiger partial charge in [0.1, 0.15) is 0 Å². The van der Waals surface area contributed by atoms with E-state index in [0.717, 1.165) is 13.0 Å². The number of methoxy groups -OCH3 is 1. The highest BCUT2D eigenvalue weighted by Gasteiger charge is 1.95. The van der Waals surface area contributed by atoms with E-state index < -0.39 is 0 Å². The first-order valence-electron chi connectivity index (χ1n) is 5.96. The molecular weight excluding hydrogens is 250 g/mol. The molecule has 102 valence electrons. The SMILES string of the molecule is COCCOCCN=C(N)NCCc1cccs1. The van der Waals surface area contributed by atoms with Crippen molar-refractivity contribution in [2.45, 2.75) is 6.42 Å². The van der Waals surface area contributed by atoms with E-state index >= 15 is 0 Å². The quantitative estimate of drug-likeness (QED) is 0.397. The van der Waals surface area contributed by atoms with Crippen LogP contribution in [0.25, 0.3) is 0 Å². The molecule has 0 aliphatic carbocycles. The summed E-state index contributed by atoms with van der Waals surface area (Å²) in [5, 5.41) is 5.15. The fraction of sp³-hybridized carbons (Fsp3) is 0.583. The number of hydrogen-bond donors (Lipinski definition) is 2. The molecule has 0 fully saturated rings. The molecule has 0 bridgehead atoms. The molecule has 1 aromatic rings. The molecule has 5 nitrogen and oxygen atoms in total. The first kappa shape index (κ1) is 14.9. The van der Waals surface area contributed by atoms with Crippen molar-refractivity contribution >= 4 is 17.3 Å². The number of hydrogen-bond acceptors (Lipinski definition) is 4. The average Bonchev–Trinajstić information content (AvgIpc) is 2.87. The third-order valence-corrected chi connectivity index (χ3v) is 3.14. The van der Waals surface area contributed by atoms with Gasteiger partial charge in [-0.2, -0.15) is 0 Å². The van der Waals surface area contributed by atoms with Crippen LogP contribution in [-0.4, -0.2) is 46.0 Å². The minimum atomic E-state index is 0.474. The Bertz CT molecular complexity index is 328. The van der Waals surface area contributed by atoms with Gasteiger partial charge >= 0.3 is 0 Å². The van der Waals surface area contributed by atoms with Gasteiger partial charge in [0.25, 0.3) is 0 Å². The van der Waals surface area contributed by atoms with Crippen molar-refractivity contribution in [1.82, 2.24) is 5.32 Å². The van der Waals surface area contributed by atoms with E-state index in [1.165, 1.54) is 4.88 Å². The summed E-state index contributed by atoms with van der Waals surface area (Å²) in [7, 11) is 1.65. The maximum atomic E-state index is 5.72. The Morgan fingerprint density at radius 1 is 1.44 bits per heavy atom. The Hall–Kier alpha value is -1.11. The fourth-order valence-electron chi connectivity index (χ4n) is 1.30. The van der Waals surface area contributed by atoms with Crippen LogP contribution in [0.5, 0.6) is 0 Å². The molecule has 0 aliphatic rings. The predicted molar refractivity (Wildman–Crippen MR) is 75.2 cm³/mol. The third-order valence-electron chi connectivity index (χ3n) is 2.21. The molecule has 0 spiro atoms. The Balaban J connectivity index is 1.99. The van der Waals surface area contributed by atoms with Gasteiger partial charge in [0, 0.05) is 18.5 Å². The highest BCUT2D eigenvalue weighted by atomic mass is 32.1. The number of aliphatic imine (C=N–C) groups is 1. The molecule has 0 unspecified atom stereocenters. The largest absolute Gasteiger partial charge is 0.382 e. The maximum absolute atomic E-state index is 5.72. The number of thiophene rings is 1. The number of guanidine groups is 1. The van der Waals surface area contributed by atoms with Crippen LogP contribution in [0.3, 0.4) is 0 Å². The highest BCUT2D eigenvalue weighted by Crippen LogP contribution is 2.07. The number of nitrogens with two attached hydrogens (primary N) is 1. The van der Waals surface area contributed by atoms with Gasteiger partial charge < -0.3 is 20.5 Å². The normalized spacial score (nSPS) is 11.7. The molecule has 0 amide bonds. The molecule has 0 aromatic carbocycles. The monoisotopic (exact) mass is 271 g/mol. The van der Waals surface area contributed by atoms with Crippen molar-refractivity contribution in [1.29, 1.82) is 0 Å². The Morgan fingerprint density at radius 3 is 3.06 bits per heavy atom. The second kappa shape index (κ2) is 9.87. The van der Waals surface area contributed by atoms with E-state index in [2.05, 4.69) is 27.8 Å². The minimum Gasteiger partial charge on any atom is -0.382 e. The summed E-state index contributed by atoms with van der Waals surface area (Å²) in [5.74, 6) is 0.474. The van der Waals surface area contributed by atoms with Crippen molar-refractivity contribution in [3.63, 3.8) is 0 Å². The first-order valence-corrected chi connectivity index (χ1v) is 6.83. The molecule has 0 aliphatic heterocycles. The molecule has 1 rings (SSSR count). The predicted octanol–water partition coefficient (Wildman–Crippen LogP) is 0.858. The molecule has 0 saturated heterocycles. The fourth-order valence-corrected chi connectivity index (χ4v) is 2.01. The van der Waals surface area contributed by atoms with Crippen LogP contribution in [0.1, 0.15) is 4.88 Å². The summed E-state index contributed by atoms with van der Waals surface area (Å²) in [6.07, 6.45) is 0.970. The summed E-state index contributed by atoms with van der Waals surface area (Å²) < 4.78 is 10.1. The topological polar surface area (TPSA) is 68.9 Å². The van der Waals surface area contributed by atoms with Crippen LogP contribution in [-0.2, 0) is 15.9 Å².